The molecule has 0 amide bonds. The lowest BCUT2D eigenvalue weighted by Gasteiger charge is -2.69. The van der Waals surface area contributed by atoms with Crippen molar-refractivity contribution in [3.8, 4) is 0 Å². The molecule has 0 aromatic rings. The fourth-order valence-electron chi connectivity index (χ4n) is 9.90. The summed E-state index contributed by atoms with van der Waals surface area (Å²) < 4.78 is 0. The fraction of sp³-hybridized carbons (Fsp3) is 0.828. The second-order valence-electron chi connectivity index (χ2n) is 13.3. The summed E-state index contributed by atoms with van der Waals surface area (Å²) in [6.45, 7) is 17.4. The highest BCUT2D eigenvalue weighted by Crippen LogP contribution is 2.73. The number of allylic oxidation sites excluding steroid dienone is 4. The highest BCUT2D eigenvalue weighted by molar-refractivity contribution is 5.95. The number of rotatable bonds is 0. The molecule has 0 heterocycles. The highest BCUT2D eigenvalue weighted by Gasteiger charge is 2.68. The van der Waals surface area contributed by atoms with Gasteiger partial charge in [0.2, 0.25) is 0 Å². The summed E-state index contributed by atoms with van der Waals surface area (Å²) in [5.41, 5.74) is 3.96. The summed E-state index contributed by atoms with van der Waals surface area (Å²) in [4.78, 5) is 14.1. The van der Waals surface area contributed by atoms with E-state index in [1.807, 2.05) is 0 Å². The van der Waals surface area contributed by atoms with Crippen molar-refractivity contribution in [1.82, 2.24) is 0 Å². The Morgan fingerprint density at radius 1 is 0.933 bits per heavy atom. The van der Waals surface area contributed by atoms with Gasteiger partial charge in [0, 0.05) is 5.92 Å². The Balaban J connectivity index is 1.66. The SMILES string of the molecule is CC1=CCC[C@]2(C)[C@H]3C(=O)C=C4[C@@H]5[C@@H](C)[C@H](C)CC[C@]5(C)CC[C@@]4(C)[C@]3(C)CC[C@@H]12. The molecule has 5 aliphatic carbocycles. The molecule has 3 fully saturated rings. The van der Waals surface area contributed by atoms with Crippen molar-refractivity contribution in [3.05, 3.63) is 23.3 Å². The molecular formula is C29H44O. The van der Waals surface area contributed by atoms with Gasteiger partial charge in [0.05, 0.1) is 0 Å². The number of hydrogen-bond donors (Lipinski definition) is 0. The molecule has 5 rings (SSSR count). The molecule has 1 nitrogen and oxygen atoms in total. The summed E-state index contributed by atoms with van der Waals surface area (Å²) in [6.07, 6.45) is 14.9. The summed E-state index contributed by atoms with van der Waals surface area (Å²) in [5.74, 6) is 3.35. The van der Waals surface area contributed by atoms with Crippen LogP contribution in [0.5, 0.6) is 0 Å². The van der Waals surface area contributed by atoms with Gasteiger partial charge in [0.25, 0.3) is 0 Å². The van der Waals surface area contributed by atoms with Gasteiger partial charge in [0.1, 0.15) is 0 Å². The van der Waals surface area contributed by atoms with Gasteiger partial charge < -0.3 is 0 Å². The zero-order valence-corrected chi connectivity index (χ0v) is 20.6. The first-order valence-electron chi connectivity index (χ1n) is 12.9. The third-order valence-electron chi connectivity index (χ3n) is 12.1. The molecule has 0 N–H and O–H groups in total. The number of fused-ring (bicyclic) bond motifs is 7. The lowest BCUT2D eigenvalue weighted by atomic mass is 9.34. The first-order chi connectivity index (χ1) is 14.0. The molecule has 0 unspecified atom stereocenters. The Bertz CT molecular complexity index is 833. The van der Waals surface area contributed by atoms with Crippen LogP contribution in [0.4, 0.5) is 0 Å². The van der Waals surface area contributed by atoms with Gasteiger partial charge in [-0.1, -0.05) is 58.8 Å². The van der Waals surface area contributed by atoms with Gasteiger partial charge >= 0.3 is 0 Å². The van der Waals surface area contributed by atoms with E-state index in [4.69, 9.17) is 0 Å². The van der Waals surface area contributed by atoms with Crippen molar-refractivity contribution >= 4 is 5.78 Å². The second-order valence-corrected chi connectivity index (χ2v) is 13.3. The molecule has 0 aliphatic heterocycles. The molecule has 0 saturated heterocycles. The van der Waals surface area contributed by atoms with Crippen molar-refractivity contribution < 1.29 is 4.79 Å². The van der Waals surface area contributed by atoms with E-state index in [1.54, 1.807) is 11.1 Å². The van der Waals surface area contributed by atoms with Crippen LogP contribution in [0.25, 0.3) is 0 Å². The molecule has 0 aromatic heterocycles. The van der Waals surface area contributed by atoms with Crippen LogP contribution in [-0.2, 0) is 4.79 Å². The number of ketones is 1. The van der Waals surface area contributed by atoms with Gasteiger partial charge in [-0.15, -0.1) is 0 Å². The average Bonchev–Trinajstić information content (AvgIpc) is 2.66. The molecule has 1 heteroatoms. The van der Waals surface area contributed by atoms with Crippen molar-refractivity contribution in [2.45, 2.75) is 99.8 Å². The molecule has 0 bridgehead atoms. The zero-order chi connectivity index (χ0) is 21.7. The van der Waals surface area contributed by atoms with Gasteiger partial charge in [-0.25, -0.2) is 0 Å². The molecule has 9 atom stereocenters. The van der Waals surface area contributed by atoms with Crippen LogP contribution in [0.15, 0.2) is 23.3 Å². The standard InChI is InChI=1S/C29H44O/c1-18-10-13-26(4)15-16-28(6)22(24(26)20(18)3)17-23(30)25-27(5)12-8-9-19(2)21(27)11-14-29(25,28)7/h9,17-18,20-21,24-25H,8,10-16H2,1-7H3/t18-,20+,21+,24+,25-,26-,27+,28-,29-/m1/s1. The maximum atomic E-state index is 14.1. The normalized spacial score (nSPS) is 55.4. The van der Waals surface area contributed by atoms with E-state index in [0.29, 0.717) is 29.0 Å². The van der Waals surface area contributed by atoms with E-state index in [9.17, 15) is 4.79 Å². The van der Waals surface area contributed by atoms with Crippen LogP contribution in [0.3, 0.4) is 0 Å². The topological polar surface area (TPSA) is 17.1 Å². The summed E-state index contributed by atoms with van der Waals surface area (Å²) in [5, 5.41) is 0. The van der Waals surface area contributed by atoms with Crippen LogP contribution in [0.2, 0.25) is 0 Å². The third-order valence-corrected chi connectivity index (χ3v) is 12.1. The minimum Gasteiger partial charge on any atom is -0.295 e. The van der Waals surface area contributed by atoms with Gasteiger partial charge in [0.15, 0.2) is 5.78 Å². The number of carbonyl (C=O) groups is 1. The van der Waals surface area contributed by atoms with Crippen LogP contribution >= 0.6 is 0 Å². The third kappa shape index (κ3) is 2.39. The lowest BCUT2D eigenvalue weighted by molar-refractivity contribution is -0.163. The second kappa shape index (κ2) is 6.35. The van der Waals surface area contributed by atoms with E-state index >= 15 is 0 Å². The quantitative estimate of drug-likeness (QED) is 0.374. The van der Waals surface area contributed by atoms with E-state index in [-0.39, 0.29) is 22.2 Å². The lowest BCUT2D eigenvalue weighted by Crippen LogP contribution is -2.64. The molecule has 3 saturated carbocycles. The average molecular weight is 409 g/mol. The molecule has 0 aromatic carbocycles. The maximum absolute atomic E-state index is 14.1. The van der Waals surface area contributed by atoms with Crippen LogP contribution in [0, 0.1) is 51.2 Å². The molecule has 30 heavy (non-hydrogen) atoms. The Morgan fingerprint density at radius 3 is 2.40 bits per heavy atom. The van der Waals surface area contributed by atoms with Crippen molar-refractivity contribution in [1.29, 1.82) is 0 Å². The van der Waals surface area contributed by atoms with Crippen LogP contribution in [0.1, 0.15) is 99.8 Å². The summed E-state index contributed by atoms with van der Waals surface area (Å²) in [7, 11) is 0. The van der Waals surface area contributed by atoms with Gasteiger partial charge in [-0.05, 0) is 110 Å². The first-order valence-corrected chi connectivity index (χ1v) is 12.9. The van der Waals surface area contributed by atoms with E-state index < -0.39 is 0 Å². The van der Waals surface area contributed by atoms with Crippen LogP contribution in [-0.4, -0.2) is 5.78 Å². The Hall–Kier alpha value is -0.850. The largest absolute Gasteiger partial charge is 0.295 e. The summed E-state index contributed by atoms with van der Waals surface area (Å²) in [6, 6.07) is 0. The van der Waals surface area contributed by atoms with E-state index in [1.165, 1.54) is 44.9 Å². The molecule has 166 valence electrons. The Kier molecular flexibility index (Phi) is 4.45. The smallest absolute Gasteiger partial charge is 0.159 e. The van der Waals surface area contributed by atoms with Crippen molar-refractivity contribution in [3.63, 3.8) is 0 Å². The monoisotopic (exact) mass is 408 g/mol. The maximum Gasteiger partial charge on any atom is 0.159 e. The minimum absolute atomic E-state index is 0.110. The summed E-state index contributed by atoms with van der Waals surface area (Å²) >= 11 is 0. The highest BCUT2D eigenvalue weighted by atomic mass is 16.1. The Labute approximate surface area is 185 Å². The van der Waals surface area contributed by atoms with Crippen LogP contribution < -0.4 is 0 Å². The molecule has 0 radical (unpaired) electrons. The van der Waals surface area contributed by atoms with Crippen molar-refractivity contribution in [2.75, 3.05) is 0 Å². The molecular weight excluding hydrogens is 364 g/mol. The van der Waals surface area contributed by atoms with Gasteiger partial charge in [-0.2, -0.15) is 0 Å². The fourth-order valence-corrected chi connectivity index (χ4v) is 9.90. The zero-order valence-electron chi connectivity index (χ0n) is 20.6. The molecule has 5 aliphatic rings. The molecule has 0 spiro atoms. The van der Waals surface area contributed by atoms with E-state index in [0.717, 1.165) is 12.3 Å². The van der Waals surface area contributed by atoms with E-state index in [2.05, 4.69) is 60.6 Å². The number of carbonyl (C=O) groups excluding carboxylic acids is 1. The Morgan fingerprint density at radius 2 is 1.67 bits per heavy atom. The first kappa shape index (κ1) is 21.0. The van der Waals surface area contributed by atoms with Gasteiger partial charge in [-0.3, -0.25) is 4.79 Å². The predicted octanol–water partition coefficient (Wildman–Crippen LogP) is 7.76. The minimum atomic E-state index is 0.110. The predicted molar refractivity (Wildman–Crippen MR) is 125 cm³/mol. The van der Waals surface area contributed by atoms with Crippen molar-refractivity contribution in [2.24, 2.45) is 51.2 Å². The number of hydrogen-bond acceptors (Lipinski definition) is 1.